The molecule has 2 aromatic heterocycles. The van der Waals surface area contributed by atoms with E-state index >= 15 is 0 Å². The predicted molar refractivity (Wildman–Crippen MR) is 96.5 cm³/mol. The van der Waals surface area contributed by atoms with Crippen molar-refractivity contribution in [2.24, 2.45) is 5.92 Å². The molecule has 0 aliphatic heterocycles. The van der Waals surface area contributed by atoms with Crippen LogP contribution in [0.5, 0.6) is 0 Å². The Bertz CT molecular complexity index is 729. The standard InChI is InChI=1S/C18H23N3O4S/c1-12-4-2-3-5-14(12)19-15(22)10-24-17(23)7-6-16-20-18(21-25-16)13-8-9-26-11-13/h8-9,11-12,14H,2-7,10H2,1H3,(H,19,22)/t12-,14+/m0/s1. The third-order valence-electron chi connectivity index (χ3n) is 4.61. The van der Waals surface area contributed by atoms with Crippen molar-refractivity contribution < 1.29 is 18.8 Å². The van der Waals surface area contributed by atoms with Crippen molar-refractivity contribution in [3.8, 4) is 11.4 Å². The molecular formula is C18H23N3O4S. The molecule has 3 rings (SSSR count). The molecule has 0 aromatic carbocycles. The fourth-order valence-electron chi connectivity index (χ4n) is 3.07. The zero-order chi connectivity index (χ0) is 18.4. The van der Waals surface area contributed by atoms with E-state index in [-0.39, 0.29) is 31.4 Å². The Labute approximate surface area is 156 Å². The average molecular weight is 377 g/mol. The summed E-state index contributed by atoms with van der Waals surface area (Å²) < 4.78 is 10.2. The lowest BCUT2D eigenvalue weighted by Gasteiger charge is -2.29. The smallest absolute Gasteiger partial charge is 0.306 e. The molecular weight excluding hydrogens is 354 g/mol. The van der Waals surface area contributed by atoms with E-state index in [0.717, 1.165) is 24.8 Å². The van der Waals surface area contributed by atoms with Crippen molar-refractivity contribution in [1.29, 1.82) is 0 Å². The third kappa shape index (κ3) is 5.14. The van der Waals surface area contributed by atoms with E-state index in [9.17, 15) is 9.59 Å². The summed E-state index contributed by atoms with van der Waals surface area (Å²) in [7, 11) is 0. The largest absolute Gasteiger partial charge is 0.456 e. The van der Waals surface area contributed by atoms with Gasteiger partial charge in [0.1, 0.15) is 0 Å². The van der Waals surface area contributed by atoms with Crippen molar-refractivity contribution in [2.45, 2.75) is 51.5 Å². The van der Waals surface area contributed by atoms with E-state index in [0.29, 0.717) is 17.6 Å². The Kier molecular flexibility index (Phi) is 6.38. The summed E-state index contributed by atoms with van der Waals surface area (Å²) in [6.07, 6.45) is 4.85. The monoisotopic (exact) mass is 377 g/mol. The van der Waals surface area contributed by atoms with E-state index in [2.05, 4.69) is 22.4 Å². The Morgan fingerprint density at radius 3 is 3.00 bits per heavy atom. The maximum Gasteiger partial charge on any atom is 0.306 e. The SMILES string of the molecule is C[C@H]1CCCC[C@H]1NC(=O)COC(=O)CCc1nc(-c2ccsc2)no1. The van der Waals surface area contributed by atoms with Gasteiger partial charge in [0.25, 0.3) is 5.91 Å². The summed E-state index contributed by atoms with van der Waals surface area (Å²) in [6.45, 7) is 1.90. The average Bonchev–Trinajstić information content (AvgIpc) is 3.31. The number of carbonyl (C=O) groups is 2. The molecule has 1 fully saturated rings. The number of hydrogen-bond donors (Lipinski definition) is 1. The number of aromatic nitrogens is 2. The van der Waals surface area contributed by atoms with Gasteiger partial charge in [-0.1, -0.05) is 24.9 Å². The Hall–Kier alpha value is -2.22. The first-order valence-corrected chi connectivity index (χ1v) is 9.86. The molecule has 1 amide bonds. The molecule has 0 spiro atoms. The van der Waals surface area contributed by atoms with Gasteiger partial charge in [-0.05, 0) is 30.2 Å². The minimum absolute atomic E-state index is 0.0956. The second kappa shape index (κ2) is 8.93. The molecule has 1 aliphatic carbocycles. The number of rotatable bonds is 7. The number of thiophene rings is 1. The molecule has 7 nitrogen and oxygen atoms in total. The quantitative estimate of drug-likeness (QED) is 0.746. The second-order valence-electron chi connectivity index (χ2n) is 6.62. The first kappa shape index (κ1) is 18.6. The Morgan fingerprint density at radius 2 is 2.23 bits per heavy atom. The summed E-state index contributed by atoms with van der Waals surface area (Å²) >= 11 is 1.55. The molecule has 2 atom stereocenters. The van der Waals surface area contributed by atoms with Crippen LogP contribution in [-0.2, 0) is 20.7 Å². The van der Waals surface area contributed by atoms with Crippen LogP contribution < -0.4 is 5.32 Å². The van der Waals surface area contributed by atoms with Crippen molar-refractivity contribution in [2.75, 3.05) is 6.61 Å². The number of esters is 1. The van der Waals surface area contributed by atoms with Gasteiger partial charge in [-0.2, -0.15) is 16.3 Å². The molecule has 0 bridgehead atoms. The number of nitrogens with one attached hydrogen (secondary N) is 1. The van der Waals surface area contributed by atoms with Crippen LogP contribution in [0.15, 0.2) is 21.3 Å². The van der Waals surface area contributed by atoms with Crippen LogP contribution in [0.4, 0.5) is 0 Å². The van der Waals surface area contributed by atoms with E-state index in [4.69, 9.17) is 9.26 Å². The highest BCUT2D eigenvalue weighted by Crippen LogP contribution is 2.23. The van der Waals surface area contributed by atoms with Crippen LogP contribution in [0, 0.1) is 5.92 Å². The number of nitrogens with zero attached hydrogens (tertiary/aromatic N) is 2. The highest BCUT2D eigenvalue weighted by atomic mass is 32.1. The van der Waals surface area contributed by atoms with Gasteiger partial charge in [-0.3, -0.25) is 9.59 Å². The Balaban J connectivity index is 1.37. The molecule has 140 valence electrons. The van der Waals surface area contributed by atoms with Crippen LogP contribution in [0.2, 0.25) is 0 Å². The zero-order valence-electron chi connectivity index (χ0n) is 14.8. The first-order valence-electron chi connectivity index (χ1n) is 8.92. The van der Waals surface area contributed by atoms with E-state index in [1.165, 1.54) is 6.42 Å². The lowest BCUT2D eigenvalue weighted by molar-refractivity contribution is -0.148. The topological polar surface area (TPSA) is 94.3 Å². The lowest BCUT2D eigenvalue weighted by atomic mass is 9.86. The molecule has 2 heterocycles. The van der Waals surface area contributed by atoms with Crippen LogP contribution in [0.3, 0.4) is 0 Å². The van der Waals surface area contributed by atoms with Gasteiger partial charge < -0.3 is 14.6 Å². The summed E-state index contributed by atoms with van der Waals surface area (Å²) in [5, 5.41) is 10.7. The molecule has 8 heteroatoms. The fraction of sp³-hybridized carbons (Fsp3) is 0.556. The summed E-state index contributed by atoms with van der Waals surface area (Å²) in [6, 6.07) is 2.09. The number of aryl methyl sites for hydroxylation is 1. The van der Waals surface area contributed by atoms with Gasteiger partial charge in [0.15, 0.2) is 6.61 Å². The fourth-order valence-corrected chi connectivity index (χ4v) is 3.71. The van der Waals surface area contributed by atoms with Crippen molar-refractivity contribution in [3.63, 3.8) is 0 Å². The van der Waals surface area contributed by atoms with Crippen LogP contribution >= 0.6 is 11.3 Å². The highest BCUT2D eigenvalue weighted by molar-refractivity contribution is 7.08. The first-order chi connectivity index (χ1) is 12.6. The van der Waals surface area contributed by atoms with Gasteiger partial charge in [0.05, 0.1) is 6.42 Å². The van der Waals surface area contributed by atoms with Crippen molar-refractivity contribution in [1.82, 2.24) is 15.5 Å². The minimum atomic E-state index is -0.452. The maximum absolute atomic E-state index is 11.9. The molecule has 1 saturated carbocycles. The molecule has 0 saturated heterocycles. The molecule has 26 heavy (non-hydrogen) atoms. The number of amides is 1. The Morgan fingerprint density at radius 1 is 1.38 bits per heavy atom. The van der Waals surface area contributed by atoms with E-state index < -0.39 is 5.97 Å². The van der Waals surface area contributed by atoms with Crippen LogP contribution in [0.1, 0.15) is 44.9 Å². The van der Waals surface area contributed by atoms with Crippen LogP contribution in [-0.4, -0.2) is 34.7 Å². The maximum atomic E-state index is 11.9. The minimum Gasteiger partial charge on any atom is -0.456 e. The molecule has 1 aliphatic rings. The normalized spacial score (nSPS) is 19.9. The third-order valence-corrected chi connectivity index (χ3v) is 5.30. The number of carbonyl (C=O) groups excluding carboxylic acids is 2. The molecule has 0 unspecified atom stereocenters. The lowest BCUT2D eigenvalue weighted by Crippen LogP contribution is -2.42. The molecule has 0 radical (unpaired) electrons. The van der Waals surface area contributed by atoms with Gasteiger partial charge in [-0.25, -0.2) is 0 Å². The number of ether oxygens (including phenoxy) is 1. The van der Waals surface area contributed by atoms with E-state index in [1.807, 2.05) is 16.8 Å². The van der Waals surface area contributed by atoms with Gasteiger partial charge in [0, 0.05) is 23.4 Å². The summed E-state index contributed by atoms with van der Waals surface area (Å²) in [5.74, 6) is 0.666. The van der Waals surface area contributed by atoms with Gasteiger partial charge >= 0.3 is 5.97 Å². The van der Waals surface area contributed by atoms with Crippen molar-refractivity contribution >= 4 is 23.2 Å². The highest BCUT2D eigenvalue weighted by Gasteiger charge is 2.23. The summed E-state index contributed by atoms with van der Waals surface area (Å²) in [4.78, 5) is 28.0. The molecule has 2 aromatic rings. The van der Waals surface area contributed by atoms with Crippen molar-refractivity contribution in [3.05, 3.63) is 22.7 Å². The van der Waals surface area contributed by atoms with Gasteiger partial charge in [-0.15, -0.1) is 0 Å². The predicted octanol–water partition coefficient (Wildman–Crippen LogP) is 2.97. The zero-order valence-corrected chi connectivity index (χ0v) is 15.6. The van der Waals surface area contributed by atoms with E-state index in [1.54, 1.807) is 11.3 Å². The second-order valence-corrected chi connectivity index (χ2v) is 7.40. The summed E-state index contributed by atoms with van der Waals surface area (Å²) in [5.41, 5.74) is 0.890. The van der Waals surface area contributed by atoms with Gasteiger partial charge in [0.2, 0.25) is 11.7 Å². The molecule has 1 N–H and O–H groups in total. The number of hydrogen-bond acceptors (Lipinski definition) is 7. The van der Waals surface area contributed by atoms with Crippen LogP contribution in [0.25, 0.3) is 11.4 Å².